The highest BCUT2D eigenvalue weighted by molar-refractivity contribution is 7.65. The Bertz CT molecular complexity index is 697. The summed E-state index contributed by atoms with van der Waals surface area (Å²) in [6.45, 7) is 6.40. The maximum Gasteiger partial charge on any atom is 0.133 e. The zero-order valence-corrected chi connectivity index (χ0v) is 14.6. The van der Waals surface area contributed by atoms with Gasteiger partial charge in [0.1, 0.15) is 23.6 Å². The van der Waals surface area contributed by atoms with E-state index in [1.165, 1.54) is 10.9 Å². The van der Waals surface area contributed by atoms with Gasteiger partial charge in [-0.2, -0.15) is 0 Å². The van der Waals surface area contributed by atoms with Crippen molar-refractivity contribution in [2.45, 2.75) is 13.8 Å². The molecule has 2 aromatic carbocycles. The van der Waals surface area contributed by atoms with E-state index in [0.29, 0.717) is 0 Å². The van der Waals surface area contributed by atoms with Crippen molar-refractivity contribution in [3.8, 4) is 28.4 Å². The smallest absolute Gasteiger partial charge is 0.133 e. The molecule has 3 nitrogen and oxygen atoms in total. The first-order valence-electron chi connectivity index (χ1n) is 7.28. The Morgan fingerprint density at radius 2 is 1.68 bits per heavy atom. The van der Waals surface area contributed by atoms with Crippen molar-refractivity contribution in [2.75, 3.05) is 27.2 Å². The minimum atomic E-state index is -0.313. The van der Waals surface area contributed by atoms with Gasteiger partial charge in [0.15, 0.2) is 0 Å². The highest BCUT2D eigenvalue weighted by atomic mass is 31.1. The van der Waals surface area contributed by atoms with Crippen LogP contribution >= 0.6 is 7.92 Å². The van der Waals surface area contributed by atoms with Crippen LogP contribution < -0.4 is 19.5 Å². The lowest BCUT2D eigenvalue weighted by Crippen LogP contribution is -2.06. The number of methoxy groups -OCH3 is 2. The van der Waals surface area contributed by atoms with E-state index < -0.39 is 0 Å². The van der Waals surface area contributed by atoms with Gasteiger partial charge in [0.2, 0.25) is 0 Å². The van der Waals surface area contributed by atoms with Crippen molar-refractivity contribution in [2.24, 2.45) is 0 Å². The van der Waals surface area contributed by atoms with Crippen LogP contribution in [-0.2, 0) is 0 Å². The molecule has 1 aliphatic rings. The maximum atomic E-state index is 5.83. The highest BCUT2D eigenvalue weighted by Crippen LogP contribution is 2.49. The molecule has 0 aliphatic carbocycles. The quantitative estimate of drug-likeness (QED) is 0.799. The van der Waals surface area contributed by atoms with Gasteiger partial charge < -0.3 is 14.2 Å². The van der Waals surface area contributed by atoms with Gasteiger partial charge in [0, 0.05) is 10.9 Å². The molecule has 1 heterocycles. The second-order valence-corrected chi connectivity index (χ2v) is 7.68. The Morgan fingerprint density at radius 3 is 2.27 bits per heavy atom. The monoisotopic (exact) mass is 316 g/mol. The predicted molar refractivity (Wildman–Crippen MR) is 92.4 cm³/mol. The molecule has 0 radical (unpaired) electrons. The summed E-state index contributed by atoms with van der Waals surface area (Å²) in [5.74, 6) is 2.76. The molecule has 116 valence electrons. The first-order chi connectivity index (χ1) is 10.6. The first-order valence-corrected chi connectivity index (χ1v) is 9.25. The van der Waals surface area contributed by atoms with Crippen molar-refractivity contribution < 1.29 is 14.2 Å². The molecule has 0 fully saturated rings. The molecule has 0 bridgehead atoms. The standard InChI is InChI=1S/C18H21O3P/c1-11-9-12(2)17(20-4)15(16(11)19-3)13-7-6-8-14-18(13)22(5)10-21-14/h6-9H,10H2,1-5H3. The third-order valence-corrected chi connectivity index (χ3v) is 5.82. The molecular formula is C18H21O3P. The van der Waals surface area contributed by atoms with E-state index in [4.69, 9.17) is 14.2 Å². The summed E-state index contributed by atoms with van der Waals surface area (Å²) in [4.78, 5) is 0. The van der Waals surface area contributed by atoms with Crippen molar-refractivity contribution in [1.82, 2.24) is 0 Å². The molecule has 2 aromatic rings. The Balaban J connectivity index is 2.36. The summed E-state index contributed by atoms with van der Waals surface area (Å²) in [7, 11) is 3.12. The molecule has 0 N–H and O–H groups in total. The average Bonchev–Trinajstić information content (AvgIpc) is 2.88. The van der Waals surface area contributed by atoms with Gasteiger partial charge in [-0.3, -0.25) is 0 Å². The third kappa shape index (κ3) is 2.24. The molecule has 1 unspecified atom stereocenters. The summed E-state index contributed by atoms with van der Waals surface area (Å²) < 4.78 is 17.2. The van der Waals surface area contributed by atoms with Crippen LogP contribution in [0.25, 0.3) is 11.1 Å². The molecule has 0 saturated heterocycles. The Morgan fingerprint density at radius 1 is 1.05 bits per heavy atom. The lowest BCUT2D eigenvalue weighted by atomic mass is 9.97. The SMILES string of the molecule is COc1c(C)cc(C)c(OC)c1-c1cccc2c1P(C)CO2. The zero-order chi connectivity index (χ0) is 15.9. The second-order valence-electron chi connectivity index (χ2n) is 5.58. The van der Waals surface area contributed by atoms with E-state index in [9.17, 15) is 0 Å². The average molecular weight is 316 g/mol. The van der Waals surface area contributed by atoms with Crippen LogP contribution in [0.15, 0.2) is 24.3 Å². The molecule has 0 saturated carbocycles. The van der Waals surface area contributed by atoms with Gasteiger partial charge >= 0.3 is 0 Å². The number of rotatable bonds is 3. The Labute approximate surface area is 133 Å². The minimum Gasteiger partial charge on any atom is -0.496 e. The zero-order valence-electron chi connectivity index (χ0n) is 13.7. The van der Waals surface area contributed by atoms with Crippen LogP contribution in [0.5, 0.6) is 17.2 Å². The number of hydrogen-bond donors (Lipinski definition) is 0. The normalized spacial score (nSPS) is 16.1. The molecular weight excluding hydrogens is 295 g/mol. The van der Waals surface area contributed by atoms with Crippen LogP contribution in [0.3, 0.4) is 0 Å². The largest absolute Gasteiger partial charge is 0.496 e. The third-order valence-electron chi connectivity index (χ3n) is 4.08. The van der Waals surface area contributed by atoms with Crippen molar-refractivity contribution in [3.63, 3.8) is 0 Å². The van der Waals surface area contributed by atoms with Gasteiger partial charge in [0.05, 0.1) is 19.8 Å². The van der Waals surface area contributed by atoms with Gasteiger partial charge in [0.25, 0.3) is 0 Å². The van der Waals surface area contributed by atoms with Crippen LogP contribution in [-0.4, -0.2) is 27.2 Å². The van der Waals surface area contributed by atoms with Gasteiger partial charge in [-0.1, -0.05) is 12.1 Å². The predicted octanol–water partition coefficient (Wildman–Crippen LogP) is 4.07. The van der Waals surface area contributed by atoms with Gasteiger partial charge in [-0.15, -0.1) is 0 Å². The fourth-order valence-corrected chi connectivity index (χ4v) is 4.76. The summed E-state index contributed by atoms with van der Waals surface area (Å²) in [5.41, 5.74) is 4.45. The summed E-state index contributed by atoms with van der Waals surface area (Å²) in [6.07, 6.45) is 0.789. The van der Waals surface area contributed by atoms with E-state index in [0.717, 1.165) is 40.3 Å². The van der Waals surface area contributed by atoms with E-state index >= 15 is 0 Å². The van der Waals surface area contributed by atoms with E-state index in [-0.39, 0.29) is 7.92 Å². The van der Waals surface area contributed by atoms with Crippen molar-refractivity contribution in [1.29, 1.82) is 0 Å². The lowest BCUT2D eigenvalue weighted by Gasteiger charge is -2.20. The maximum absolute atomic E-state index is 5.83. The van der Waals surface area contributed by atoms with Crippen LogP contribution in [0.2, 0.25) is 0 Å². The van der Waals surface area contributed by atoms with Crippen LogP contribution in [0.1, 0.15) is 11.1 Å². The molecule has 0 amide bonds. The lowest BCUT2D eigenvalue weighted by molar-refractivity contribution is 0.393. The van der Waals surface area contributed by atoms with Crippen LogP contribution in [0.4, 0.5) is 0 Å². The van der Waals surface area contributed by atoms with Crippen molar-refractivity contribution >= 4 is 13.2 Å². The fraction of sp³-hybridized carbons (Fsp3) is 0.333. The number of hydrogen-bond acceptors (Lipinski definition) is 3. The second kappa shape index (κ2) is 5.81. The number of fused-ring (bicyclic) bond motifs is 1. The molecule has 22 heavy (non-hydrogen) atoms. The molecule has 4 heteroatoms. The fourth-order valence-electron chi connectivity index (χ4n) is 3.19. The highest BCUT2D eigenvalue weighted by Gasteiger charge is 2.27. The molecule has 0 aromatic heterocycles. The molecule has 1 aliphatic heterocycles. The van der Waals surface area contributed by atoms with Crippen LogP contribution in [0, 0.1) is 13.8 Å². The van der Waals surface area contributed by atoms with E-state index in [2.05, 4.69) is 32.6 Å². The van der Waals surface area contributed by atoms with E-state index in [1.807, 2.05) is 12.1 Å². The summed E-state index contributed by atoms with van der Waals surface area (Å²) >= 11 is 0. The molecule has 0 spiro atoms. The number of ether oxygens (including phenoxy) is 3. The summed E-state index contributed by atoms with van der Waals surface area (Å²) in [5, 5.41) is 1.30. The molecule has 3 rings (SSSR count). The van der Waals surface area contributed by atoms with Gasteiger partial charge in [-0.05, 0) is 51.7 Å². The number of benzene rings is 2. The topological polar surface area (TPSA) is 27.7 Å². The number of aryl methyl sites for hydroxylation is 2. The Hall–Kier alpha value is -1.73. The minimum absolute atomic E-state index is 0.313. The summed E-state index contributed by atoms with van der Waals surface area (Å²) in [6, 6.07) is 8.34. The first kappa shape index (κ1) is 15.2. The van der Waals surface area contributed by atoms with E-state index in [1.54, 1.807) is 14.2 Å². The van der Waals surface area contributed by atoms with Crippen molar-refractivity contribution in [3.05, 3.63) is 35.4 Å². The Kier molecular flexibility index (Phi) is 4.01. The van der Waals surface area contributed by atoms with Gasteiger partial charge in [-0.25, -0.2) is 0 Å². The molecule has 1 atom stereocenters.